The Labute approximate surface area is 110 Å². The monoisotopic (exact) mass is 266 g/mol. The van der Waals surface area contributed by atoms with Gasteiger partial charge in [-0.15, -0.1) is 0 Å². The summed E-state index contributed by atoms with van der Waals surface area (Å²) in [6.07, 6.45) is 2.69. The second-order valence-corrected chi connectivity index (χ2v) is 4.72. The maximum Gasteiger partial charge on any atom is 0.272 e. The van der Waals surface area contributed by atoms with Crippen LogP contribution in [-0.4, -0.2) is 17.4 Å². The minimum absolute atomic E-state index is 0.101. The molecule has 1 heterocycles. The summed E-state index contributed by atoms with van der Waals surface area (Å²) in [5.41, 5.74) is 0.158. The lowest BCUT2D eigenvalue weighted by molar-refractivity contribution is -0.385. The van der Waals surface area contributed by atoms with Crippen molar-refractivity contribution in [1.82, 2.24) is 5.32 Å². The van der Waals surface area contributed by atoms with Crippen molar-refractivity contribution >= 4 is 11.6 Å². The van der Waals surface area contributed by atoms with Crippen LogP contribution in [0.1, 0.15) is 24.8 Å². The van der Waals surface area contributed by atoms with Gasteiger partial charge in [0.1, 0.15) is 5.82 Å². The number of hydrogen-bond donors (Lipinski definition) is 1. The second kappa shape index (κ2) is 5.77. The number of nitro benzene ring substituents is 1. The van der Waals surface area contributed by atoms with Crippen molar-refractivity contribution < 1.29 is 14.1 Å². The fourth-order valence-electron chi connectivity index (χ4n) is 2.36. The zero-order chi connectivity index (χ0) is 13.8. The molecule has 102 valence electrons. The molecule has 1 amide bonds. The number of carbonyl (C=O) groups is 1. The largest absolute Gasteiger partial charge is 0.356 e. The number of nitrogens with zero attached hydrogens (tertiary/aromatic N) is 1. The third-order valence-corrected chi connectivity index (χ3v) is 3.35. The zero-order valence-electron chi connectivity index (χ0n) is 10.4. The van der Waals surface area contributed by atoms with Gasteiger partial charge < -0.3 is 5.32 Å². The van der Waals surface area contributed by atoms with E-state index in [0.29, 0.717) is 13.0 Å². The predicted octanol–water partition coefficient (Wildman–Crippen LogP) is 2.19. The SMILES string of the molecule is O=C1NCCCCC1Cc1cc(F)ccc1[N+](=O)[O-]. The maximum atomic E-state index is 13.2. The minimum atomic E-state index is -0.538. The highest BCUT2D eigenvalue weighted by Gasteiger charge is 2.24. The number of hydrogen-bond acceptors (Lipinski definition) is 3. The summed E-state index contributed by atoms with van der Waals surface area (Å²) in [6, 6.07) is 3.37. The van der Waals surface area contributed by atoms with Crippen LogP contribution in [0.3, 0.4) is 0 Å². The molecule has 1 atom stereocenters. The molecule has 1 aromatic rings. The molecule has 19 heavy (non-hydrogen) atoms. The van der Waals surface area contributed by atoms with E-state index >= 15 is 0 Å². The second-order valence-electron chi connectivity index (χ2n) is 4.72. The van der Waals surface area contributed by atoms with E-state index in [1.54, 1.807) is 0 Å². The Balaban J connectivity index is 2.23. The van der Waals surface area contributed by atoms with E-state index in [0.717, 1.165) is 31.0 Å². The smallest absolute Gasteiger partial charge is 0.272 e. The zero-order valence-corrected chi connectivity index (χ0v) is 10.4. The van der Waals surface area contributed by atoms with E-state index in [1.165, 1.54) is 0 Å². The predicted molar refractivity (Wildman–Crippen MR) is 67.1 cm³/mol. The Bertz CT molecular complexity index is 505. The van der Waals surface area contributed by atoms with Crippen molar-refractivity contribution in [2.24, 2.45) is 5.92 Å². The molecular formula is C13H15FN2O3. The molecular weight excluding hydrogens is 251 g/mol. The maximum absolute atomic E-state index is 13.2. The van der Waals surface area contributed by atoms with Gasteiger partial charge in [-0.1, -0.05) is 6.42 Å². The van der Waals surface area contributed by atoms with Crippen molar-refractivity contribution in [3.05, 3.63) is 39.7 Å². The Morgan fingerprint density at radius 1 is 1.42 bits per heavy atom. The van der Waals surface area contributed by atoms with Crippen LogP contribution >= 0.6 is 0 Å². The van der Waals surface area contributed by atoms with Gasteiger partial charge in [-0.25, -0.2) is 4.39 Å². The summed E-state index contributed by atoms with van der Waals surface area (Å²) in [7, 11) is 0. The quantitative estimate of drug-likeness (QED) is 0.673. The standard InChI is InChI=1S/C13H15FN2O3/c14-11-4-5-12(16(18)19)10(8-11)7-9-3-1-2-6-15-13(9)17/h4-5,8-9H,1-3,6-7H2,(H,15,17). The van der Waals surface area contributed by atoms with Gasteiger partial charge in [0.25, 0.3) is 5.69 Å². The molecule has 0 bridgehead atoms. The van der Waals surface area contributed by atoms with Crippen LogP contribution in [0.25, 0.3) is 0 Å². The van der Waals surface area contributed by atoms with E-state index in [1.807, 2.05) is 0 Å². The van der Waals surface area contributed by atoms with Gasteiger partial charge >= 0.3 is 0 Å². The van der Waals surface area contributed by atoms with Gasteiger partial charge in [-0.05, 0) is 31.4 Å². The highest BCUT2D eigenvalue weighted by molar-refractivity contribution is 5.79. The third-order valence-electron chi connectivity index (χ3n) is 3.35. The molecule has 6 heteroatoms. The number of amides is 1. The van der Waals surface area contributed by atoms with Crippen molar-refractivity contribution in [3.63, 3.8) is 0 Å². The molecule has 0 spiro atoms. The number of halogens is 1. The third kappa shape index (κ3) is 3.27. The van der Waals surface area contributed by atoms with Crippen LogP contribution in [0.4, 0.5) is 10.1 Å². The molecule has 1 aliphatic heterocycles. The first-order valence-corrected chi connectivity index (χ1v) is 6.28. The molecule has 0 aliphatic carbocycles. The van der Waals surface area contributed by atoms with Gasteiger partial charge in [0.15, 0.2) is 0 Å². The van der Waals surface area contributed by atoms with E-state index < -0.39 is 10.7 Å². The van der Waals surface area contributed by atoms with Crippen molar-refractivity contribution in [2.45, 2.75) is 25.7 Å². The van der Waals surface area contributed by atoms with E-state index in [9.17, 15) is 19.3 Å². The summed E-state index contributed by atoms with van der Waals surface area (Å²) in [4.78, 5) is 22.2. The van der Waals surface area contributed by atoms with Crippen molar-refractivity contribution in [2.75, 3.05) is 6.54 Å². The van der Waals surface area contributed by atoms with Crippen molar-refractivity contribution in [3.8, 4) is 0 Å². The Kier molecular flexibility index (Phi) is 4.09. The first-order valence-electron chi connectivity index (χ1n) is 6.28. The normalized spacial score (nSPS) is 19.6. The average molecular weight is 266 g/mol. The van der Waals surface area contributed by atoms with Crippen LogP contribution in [0.2, 0.25) is 0 Å². The molecule has 1 aromatic carbocycles. The fourth-order valence-corrected chi connectivity index (χ4v) is 2.36. The molecule has 2 rings (SSSR count). The molecule has 0 saturated carbocycles. The van der Waals surface area contributed by atoms with Crippen LogP contribution in [-0.2, 0) is 11.2 Å². The molecule has 1 saturated heterocycles. The number of benzene rings is 1. The van der Waals surface area contributed by atoms with E-state index in [-0.39, 0.29) is 29.5 Å². The van der Waals surface area contributed by atoms with E-state index in [4.69, 9.17) is 0 Å². The number of nitrogens with one attached hydrogen (secondary N) is 1. The molecule has 0 aromatic heterocycles. The minimum Gasteiger partial charge on any atom is -0.356 e. The summed E-state index contributed by atoms with van der Waals surface area (Å²) in [5, 5.41) is 13.7. The summed E-state index contributed by atoms with van der Waals surface area (Å²) < 4.78 is 13.2. The highest BCUT2D eigenvalue weighted by Crippen LogP contribution is 2.25. The molecule has 5 nitrogen and oxygen atoms in total. The first-order chi connectivity index (χ1) is 9.08. The van der Waals surface area contributed by atoms with Gasteiger partial charge in [0, 0.05) is 24.1 Å². The van der Waals surface area contributed by atoms with Gasteiger partial charge in [-0.2, -0.15) is 0 Å². The Morgan fingerprint density at radius 3 is 2.95 bits per heavy atom. The Hall–Kier alpha value is -1.98. The highest BCUT2D eigenvalue weighted by atomic mass is 19.1. The lowest BCUT2D eigenvalue weighted by atomic mass is 9.93. The average Bonchev–Trinajstić information content (AvgIpc) is 2.55. The lowest BCUT2D eigenvalue weighted by Crippen LogP contribution is -2.30. The summed E-state index contributed by atoms with van der Waals surface area (Å²) in [6.45, 7) is 0.639. The summed E-state index contributed by atoms with van der Waals surface area (Å²) in [5.74, 6) is -0.936. The number of nitro groups is 1. The van der Waals surface area contributed by atoms with Crippen LogP contribution in [0, 0.1) is 21.8 Å². The number of rotatable bonds is 3. The first kappa shape index (κ1) is 13.5. The molecule has 0 radical (unpaired) electrons. The Morgan fingerprint density at radius 2 is 2.21 bits per heavy atom. The molecule has 1 aliphatic rings. The van der Waals surface area contributed by atoms with Gasteiger partial charge in [0.2, 0.25) is 5.91 Å². The topological polar surface area (TPSA) is 72.2 Å². The van der Waals surface area contributed by atoms with Crippen LogP contribution in [0.15, 0.2) is 18.2 Å². The van der Waals surface area contributed by atoms with Crippen LogP contribution in [0.5, 0.6) is 0 Å². The van der Waals surface area contributed by atoms with Crippen LogP contribution < -0.4 is 5.32 Å². The molecule has 1 N–H and O–H groups in total. The lowest BCUT2D eigenvalue weighted by Gasteiger charge is -2.13. The molecule has 1 unspecified atom stereocenters. The summed E-state index contributed by atoms with van der Waals surface area (Å²) >= 11 is 0. The number of carbonyl (C=O) groups excluding carboxylic acids is 1. The fraction of sp³-hybridized carbons (Fsp3) is 0.462. The van der Waals surface area contributed by atoms with Crippen molar-refractivity contribution in [1.29, 1.82) is 0 Å². The van der Waals surface area contributed by atoms with Gasteiger partial charge in [0.05, 0.1) is 4.92 Å². The van der Waals surface area contributed by atoms with Gasteiger partial charge in [-0.3, -0.25) is 14.9 Å². The molecule has 1 fully saturated rings. The van der Waals surface area contributed by atoms with E-state index in [2.05, 4.69) is 5.32 Å².